The molecule has 0 aliphatic rings. The molecular weight excluding hydrogens is 102 g/mol. The predicted octanol–water partition coefficient (Wildman–Crippen LogP) is 0.144. The summed E-state index contributed by atoms with van der Waals surface area (Å²) < 4.78 is 7.83. The van der Waals surface area contributed by atoms with Gasteiger partial charge in [-0.05, 0) is 0 Å². The van der Waals surface area contributed by atoms with E-state index in [-0.39, 0.29) is 39.5 Å². The van der Waals surface area contributed by atoms with Crippen molar-refractivity contribution in [3.05, 3.63) is 0 Å². The van der Waals surface area contributed by atoms with Crippen LogP contribution in [0.4, 0.5) is 0 Å². The first-order valence-electron chi connectivity index (χ1n) is 0.167. The molecule has 0 bridgehead atoms. The first-order chi connectivity index (χ1) is 1.00. The molecule has 18 valence electrons. The van der Waals surface area contributed by atoms with Gasteiger partial charge in [-0.1, -0.05) is 0 Å². The summed E-state index contributed by atoms with van der Waals surface area (Å²) in [6.45, 7) is 0. The average molecular weight is 102 g/mol. The van der Waals surface area contributed by atoms with Crippen LogP contribution in [0, 0.1) is 0 Å². The molecule has 0 rings (SSSR count). The van der Waals surface area contributed by atoms with Crippen LogP contribution in [-0.2, 0) is 12.5 Å². The van der Waals surface area contributed by atoms with Gasteiger partial charge in [0.15, 0.2) is 12.5 Å². The Bertz CT molecular complexity index is 8.00. The predicted molar refractivity (Wildman–Crippen MR) is 20.8 cm³/mol. The van der Waals surface area contributed by atoms with Gasteiger partial charge in [0.2, 0.25) is 0 Å². The Hall–Kier alpha value is 1.45. The summed E-state index contributed by atoms with van der Waals surface area (Å²) in [5, 5.41) is 0. The fourth-order valence-electron chi connectivity index (χ4n) is 0. The normalized spacial score (nSPS) is 1.00. The zero-order valence-corrected chi connectivity index (χ0v) is 5.97. The van der Waals surface area contributed by atoms with Gasteiger partial charge in [0, 0.05) is 39.5 Å². The van der Waals surface area contributed by atoms with Crippen molar-refractivity contribution in [1.29, 1.82) is 0 Å². The van der Waals surface area contributed by atoms with Crippen LogP contribution in [-0.4, -0.2) is 33.8 Å². The maximum Gasteiger partial charge on any atom is 0.197 e. The molecule has 0 N–H and O–H groups in total. The third kappa shape index (κ3) is 9.85. The van der Waals surface area contributed by atoms with Gasteiger partial charge in [-0.15, -0.1) is 0 Å². The average Bonchev–Trinajstić information content (AvgIpc) is 1.00. The molecule has 4 radical (unpaired) electrons. The van der Waals surface area contributed by atoms with Crippen molar-refractivity contribution < 1.29 is 4.21 Å². The Morgan fingerprint density at radius 2 is 1.25 bits per heavy atom. The van der Waals surface area contributed by atoms with Gasteiger partial charge in [0.05, 0.1) is 0 Å². The van der Waals surface area contributed by atoms with E-state index < -0.39 is 0 Å². The van der Waals surface area contributed by atoms with Crippen LogP contribution in [0.5, 0.6) is 0 Å². The Morgan fingerprint density at radius 3 is 1.25 bits per heavy atom. The summed E-state index contributed by atoms with van der Waals surface area (Å²) in [7, 11) is 0. The van der Waals surface area contributed by atoms with Crippen LogP contribution in [0.3, 0.4) is 0 Å². The molecule has 0 aromatic carbocycles. The summed E-state index contributed by atoms with van der Waals surface area (Å²) in [6, 6.07) is 0. The zero-order valence-electron chi connectivity index (χ0n) is 2.26. The first kappa shape index (κ1) is 18.0. The summed E-state index contributed by atoms with van der Waals surface area (Å²) in [5.41, 5.74) is 0. The van der Waals surface area contributed by atoms with E-state index in [0.717, 1.165) is 0 Å². The van der Waals surface area contributed by atoms with Crippen LogP contribution in [0.2, 0.25) is 0 Å². The Morgan fingerprint density at radius 1 is 1.25 bits per heavy atom. The molecule has 0 aromatic heterocycles. The van der Waals surface area contributed by atoms with Gasteiger partial charge in [0.25, 0.3) is 0 Å². The Kier molecular flexibility index (Phi) is 113. The molecule has 0 aromatic rings. The van der Waals surface area contributed by atoms with E-state index in [9.17, 15) is 0 Å². The zero-order chi connectivity index (χ0) is 2.00. The molecule has 0 amide bonds. The van der Waals surface area contributed by atoms with Crippen LogP contribution in [0.25, 0.3) is 0 Å². The van der Waals surface area contributed by atoms with E-state index in [1.165, 1.54) is 0 Å². The molecule has 4 heteroatoms. The second-order valence-corrected chi connectivity index (χ2v) is 0. The molecule has 0 aliphatic carbocycles. The second-order valence-electron chi connectivity index (χ2n) is 0. The fraction of sp³-hybridized carbons (Fsp3) is 0. The van der Waals surface area contributed by atoms with Gasteiger partial charge in [-0.25, -0.2) is 0 Å². The monoisotopic (exact) mass is 102 g/mol. The number of rotatable bonds is 0. The standard InChI is InChI=1S/Na.OS.P/c;1-2;. The van der Waals surface area contributed by atoms with Crippen molar-refractivity contribution in [3.63, 3.8) is 0 Å². The SMILES string of the molecule is O=S.[Na].[P]. The van der Waals surface area contributed by atoms with Crippen molar-refractivity contribution in [2.75, 3.05) is 0 Å². The Balaban J connectivity index is -0.00000000500. The summed E-state index contributed by atoms with van der Waals surface area (Å²) >= 11 is 2.83. The summed E-state index contributed by atoms with van der Waals surface area (Å²) in [5.74, 6) is 0. The molecule has 1 nitrogen and oxygen atoms in total. The number of hydrogen-bond acceptors (Lipinski definition) is 2. The maximum atomic E-state index is 7.83. The molecular formula is NaOPS. The van der Waals surface area contributed by atoms with Crippen molar-refractivity contribution in [2.24, 2.45) is 0 Å². The third-order valence-electron chi connectivity index (χ3n) is 0. The van der Waals surface area contributed by atoms with Crippen molar-refractivity contribution >= 4 is 52.0 Å². The van der Waals surface area contributed by atoms with E-state index in [1.807, 2.05) is 0 Å². The second kappa shape index (κ2) is 25.2. The molecule has 0 saturated carbocycles. The quantitative estimate of drug-likeness (QED) is 0.319. The minimum absolute atomic E-state index is 0. The summed E-state index contributed by atoms with van der Waals surface area (Å²) in [4.78, 5) is 0. The van der Waals surface area contributed by atoms with Crippen LogP contribution in [0.15, 0.2) is 0 Å². The van der Waals surface area contributed by atoms with E-state index in [0.29, 0.717) is 0 Å². The first-order valence-corrected chi connectivity index (χ1v) is 0.500. The molecule has 0 atom stereocenters. The molecule has 0 heterocycles. The van der Waals surface area contributed by atoms with Crippen LogP contribution in [0.1, 0.15) is 0 Å². The van der Waals surface area contributed by atoms with E-state index in [4.69, 9.17) is 4.21 Å². The molecule has 0 unspecified atom stereocenters. The fourth-order valence-corrected chi connectivity index (χ4v) is 0. The largest absolute Gasteiger partial charge is 0.197 e. The van der Waals surface area contributed by atoms with Gasteiger partial charge in [0.1, 0.15) is 0 Å². The molecule has 0 spiro atoms. The third-order valence-corrected chi connectivity index (χ3v) is 0. The van der Waals surface area contributed by atoms with Crippen LogP contribution < -0.4 is 0 Å². The number of hydrogen-bond donors (Lipinski definition) is 0. The van der Waals surface area contributed by atoms with E-state index in [1.54, 1.807) is 0 Å². The smallest absolute Gasteiger partial charge is 0.197 e. The van der Waals surface area contributed by atoms with E-state index >= 15 is 0 Å². The molecule has 4 heavy (non-hydrogen) atoms. The molecule has 0 aliphatic heterocycles. The van der Waals surface area contributed by atoms with Crippen molar-refractivity contribution in [2.45, 2.75) is 0 Å². The molecule has 0 saturated heterocycles. The van der Waals surface area contributed by atoms with Crippen molar-refractivity contribution in [1.82, 2.24) is 0 Å². The Labute approximate surface area is 56.0 Å². The molecule has 0 fully saturated rings. The van der Waals surface area contributed by atoms with Gasteiger partial charge >= 0.3 is 0 Å². The van der Waals surface area contributed by atoms with Gasteiger partial charge < -0.3 is 0 Å². The maximum absolute atomic E-state index is 7.83. The van der Waals surface area contributed by atoms with Gasteiger partial charge in [-0.3, -0.25) is 0 Å². The minimum Gasteiger partial charge on any atom is -0.197 e. The summed E-state index contributed by atoms with van der Waals surface area (Å²) in [6.07, 6.45) is 0. The topological polar surface area (TPSA) is 17.1 Å². The minimum atomic E-state index is 0. The van der Waals surface area contributed by atoms with Crippen LogP contribution >= 0.6 is 9.90 Å². The van der Waals surface area contributed by atoms with Crippen molar-refractivity contribution in [3.8, 4) is 0 Å². The van der Waals surface area contributed by atoms with E-state index in [2.05, 4.69) is 12.5 Å². The van der Waals surface area contributed by atoms with Gasteiger partial charge in [-0.2, -0.15) is 4.21 Å².